The van der Waals surface area contributed by atoms with Crippen LogP contribution in [0.2, 0.25) is 0 Å². The lowest BCUT2D eigenvalue weighted by atomic mass is 10.1. The van der Waals surface area contributed by atoms with Gasteiger partial charge >= 0.3 is 5.97 Å². The number of imide groups is 1. The van der Waals surface area contributed by atoms with Gasteiger partial charge in [0.1, 0.15) is 0 Å². The van der Waals surface area contributed by atoms with Gasteiger partial charge in [-0.1, -0.05) is 42.5 Å². The highest BCUT2D eigenvalue weighted by atomic mass is 16.5. The van der Waals surface area contributed by atoms with Crippen molar-refractivity contribution in [3.8, 4) is 0 Å². The van der Waals surface area contributed by atoms with Crippen molar-refractivity contribution in [3.63, 3.8) is 0 Å². The fourth-order valence-corrected chi connectivity index (χ4v) is 3.51. The SMILES string of the molecule is O=C(COC(=O)CCCN1C(=O)c2ccccc2C1=O)Nc1ccc2ccccc2c1. The molecule has 0 saturated heterocycles. The summed E-state index contributed by atoms with van der Waals surface area (Å²) in [7, 11) is 0. The van der Waals surface area contributed by atoms with E-state index in [4.69, 9.17) is 4.74 Å². The molecule has 156 valence electrons. The van der Waals surface area contributed by atoms with E-state index in [1.54, 1.807) is 30.3 Å². The minimum absolute atomic E-state index is 0.00331. The highest BCUT2D eigenvalue weighted by Crippen LogP contribution is 2.22. The van der Waals surface area contributed by atoms with E-state index in [0.717, 1.165) is 15.7 Å². The molecule has 0 radical (unpaired) electrons. The summed E-state index contributed by atoms with van der Waals surface area (Å²) >= 11 is 0. The Morgan fingerprint density at radius 1 is 0.839 bits per heavy atom. The van der Waals surface area contributed by atoms with Gasteiger partial charge in [0.05, 0.1) is 11.1 Å². The molecule has 1 N–H and O–H groups in total. The molecule has 0 spiro atoms. The maximum absolute atomic E-state index is 12.3. The molecule has 3 aromatic rings. The Hall–Kier alpha value is -4.00. The lowest BCUT2D eigenvalue weighted by Gasteiger charge is -2.13. The molecule has 0 aliphatic carbocycles. The number of benzene rings is 3. The van der Waals surface area contributed by atoms with Gasteiger partial charge in [-0.2, -0.15) is 0 Å². The summed E-state index contributed by atoms with van der Waals surface area (Å²) < 4.78 is 5.00. The summed E-state index contributed by atoms with van der Waals surface area (Å²) in [5, 5.41) is 4.75. The molecular weight excluding hydrogens is 396 g/mol. The third kappa shape index (κ3) is 4.45. The quantitative estimate of drug-likeness (QED) is 0.471. The molecule has 0 saturated carbocycles. The van der Waals surface area contributed by atoms with Crippen molar-refractivity contribution in [3.05, 3.63) is 77.9 Å². The van der Waals surface area contributed by atoms with Gasteiger partial charge in [0.2, 0.25) is 0 Å². The summed E-state index contributed by atoms with van der Waals surface area (Å²) in [5.41, 5.74) is 1.37. The average molecular weight is 416 g/mol. The lowest BCUT2D eigenvalue weighted by Crippen LogP contribution is -2.31. The molecule has 3 amide bonds. The number of carbonyl (C=O) groups is 4. The second-order valence-electron chi connectivity index (χ2n) is 7.18. The molecule has 1 heterocycles. The summed E-state index contributed by atoms with van der Waals surface area (Å²) in [6.07, 6.45) is 0.257. The molecular formula is C24H20N2O5. The van der Waals surface area contributed by atoms with Crippen molar-refractivity contribution in [2.45, 2.75) is 12.8 Å². The van der Waals surface area contributed by atoms with Crippen molar-refractivity contribution in [2.24, 2.45) is 0 Å². The second-order valence-corrected chi connectivity index (χ2v) is 7.18. The van der Waals surface area contributed by atoms with E-state index in [1.165, 1.54) is 0 Å². The number of esters is 1. The Kier molecular flexibility index (Phi) is 5.75. The van der Waals surface area contributed by atoms with Gasteiger partial charge < -0.3 is 10.1 Å². The first-order chi connectivity index (χ1) is 15.0. The summed E-state index contributed by atoms with van der Waals surface area (Å²) in [6.45, 7) is -0.288. The summed E-state index contributed by atoms with van der Waals surface area (Å²) in [4.78, 5) is 49.7. The molecule has 0 unspecified atom stereocenters. The van der Waals surface area contributed by atoms with Crippen LogP contribution in [0.15, 0.2) is 66.7 Å². The third-order valence-corrected chi connectivity index (χ3v) is 5.04. The largest absolute Gasteiger partial charge is 0.456 e. The van der Waals surface area contributed by atoms with Gasteiger partial charge in [-0.05, 0) is 41.5 Å². The third-order valence-electron chi connectivity index (χ3n) is 5.04. The first-order valence-electron chi connectivity index (χ1n) is 9.92. The van der Waals surface area contributed by atoms with Crippen LogP contribution in [0.1, 0.15) is 33.6 Å². The van der Waals surface area contributed by atoms with Crippen LogP contribution in [0.4, 0.5) is 5.69 Å². The monoisotopic (exact) mass is 416 g/mol. The maximum Gasteiger partial charge on any atom is 0.306 e. The van der Waals surface area contributed by atoms with E-state index in [1.807, 2.05) is 36.4 Å². The van der Waals surface area contributed by atoms with Crippen LogP contribution in [0.3, 0.4) is 0 Å². The minimum Gasteiger partial charge on any atom is -0.456 e. The Bertz CT molecular complexity index is 1150. The summed E-state index contributed by atoms with van der Waals surface area (Å²) in [6, 6.07) is 19.9. The smallest absolute Gasteiger partial charge is 0.306 e. The number of nitrogens with one attached hydrogen (secondary N) is 1. The zero-order valence-electron chi connectivity index (χ0n) is 16.7. The number of ether oxygens (including phenoxy) is 1. The number of hydrogen-bond donors (Lipinski definition) is 1. The number of carbonyl (C=O) groups excluding carboxylic acids is 4. The zero-order valence-corrected chi connectivity index (χ0v) is 16.7. The topological polar surface area (TPSA) is 92.8 Å². The summed E-state index contributed by atoms with van der Waals surface area (Å²) in [5.74, 6) is -1.72. The lowest BCUT2D eigenvalue weighted by molar-refractivity contribution is -0.147. The fraction of sp³-hybridized carbons (Fsp3) is 0.167. The van der Waals surface area contributed by atoms with Gasteiger partial charge in [0, 0.05) is 18.7 Å². The van der Waals surface area contributed by atoms with Crippen LogP contribution in [-0.4, -0.2) is 41.7 Å². The van der Waals surface area contributed by atoms with Crippen LogP contribution < -0.4 is 5.32 Å². The molecule has 7 nitrogen and oxygen atoms in total. The molecule has 31 heavy (non-hydrogen) atoms. The van der Waals surface area contributed by atoms with Crippen molar-refractivity contribution >= 4 is 40.2 Å². The van der Waals surface area contributed by atoms with Crippen LogP contribution in [0.25, 0.3) is 10.8 Å². The zero-order chi connectivity index (χ0) is 21.8. The predicted octanol–water partition coefficient (Wildman–Crippen LogP) is 3.40. The van der Waals surface area contributed by atoms with Gasteiger partial charge in [-0.15, -0.1) is 0 Å². The van der Waals surface area contributed by atoms with E-state index < -0.39 is 18.5 Å². The highest BCUT2D eigenvalue weighted by Gasteiger charge is 2.34. The maximum atomic E-state index is 12.3. The number of hydrogen-bond acceptors (Lipinski definition) is 5. The fourth-order valence-electron chi connectivity index (χ4n) is 3.51. The number of rotatable bonds is 7. The minimum atomic E-state index is -0.565. The van der Waals surface area contributed by atoms with Gasteiger partial charge in [-0.3, -0.25) is 24.1 Å². The normalized spacial score (nSPS) is 12.7. The van der Waals surface area contributed by atoms with E-state index in [2.05, 4.69) is 5.32 Å². The van der Waals surface area contributed by atoms with Crippen molar-refractivity contribution in [2.75, 3.05) is 18.5 Å². The molecule has 0 fully saturated rings. The van der Waals surface area contributed by atoms with Crippen molar-refractivity contribution < 1.29 is 23.9 Å². The Morgan fingerprint density at radius 2 is 1.48 bits per heavy atom. The molecule has 3 aromatic carbocycles. The van der Waals surface area contributed by atoms with Gasteiger partial charge in [0.15, 0.2) is 6.61 Å². The molecule has 0 aromatic heterocycles. The predicted molar refractivity (Wildman–Crippen MR) is 115 cm³/mol. The van der Waals surface area contributed by atoms with Crippen molar-refractivity contribution in [1.29, 1.82) is 0 Å². The van der Waals surface area contributed by atoms with Gasteiger partial charge in [0.25, 0.3) is 17.7 Å². The average Bonchev–Trinajstić information content (AvgIpc) is 3.03. The standard InChI is InChI=1S/C24H20N2O5/c27-21(25-18-12-11-16-6-1-2-7-17(16)14-18)15-31-22(28)10-5-13-26-23(29)19-8-3-4-9-20(19)24(26)30/h1-4,6-9,11-12,14H,5,10,13,15H2,(H,25,27). The first kappa shape index (κ1) is 20.3. The first-order valence-corrected chi connectivity index (χ1v) is 9.92. The van der Waals surface area contributed by atoms with Crippen molar-refractivity contribution in [1.82, 2.24) is 4.90 Å². The van der Waals surface area contributed by atoms with Crippen LogP contribution in [-0.2, 0) is 14.3 Å². The number of amides is 3. The molecule has 1 aliphatic heterocycles. The molecule has 0 bridgehead atoms. The highest BCUT2D eigenvalue weighted by molar-refractivity contribution is 6.21. The molecule has 7 heteroatoms. The van der Waals surface area contributed by atoms with Crippen LogP contribution in [0.5, 0.6) is 0 Å². The van der Waals surface area contributed by atoms with E-state index in [9.17, 15) is 19.2 Å². The Balaban J connectivity index is 1.21. The second kappa shape index (κ2) is 8.79. The molecule has 0 atom stereocenters. The van der Waals surface area contributed by atoms with E-state index >= 15 is 0 Å². The van der Waals surface area contributed by atoms with Crippen LogP contribution >= 0.6 is 0 Å². The van der Waals surface area contributed by atoms with E-state index in [-0.39, 0.29) is 31.2 Å². The van der Waals surface area contributed by atoms with Gasteiger partial charge in [-0.25, -0.2) is 0 Å². The molecule has 1 aliphatic rings. The number of nitrogens with zero attached hydrogens (tertiary/aromatic N) is 1. The Labute approximate surface area is 178 Å². The van der Waals surface area contributed by atoms with E-state index in [0.29, 0.717) is 16.8 Å². The number of anilines is 1. The Morgan fingerprint density at radius 3 is 2.19 bits per heavy atom. The number of fused-ring (bicyclic) bond motifs is 2. The molecule has 4 rings (SSSR count). The van der Waals surface area contributed by atoms with Crippen LogP contribution in [0, 0.1) is 0 Å².